The minimum atomic E-state index is -0.493. The molecule has 0 radical (unpaired) electrons. The van der Waals surface area contributed by atoms with Crippen molar-refractivity contribution in [1.82, 2.24) is 4.57 Å². The molecular weight excluding hydrogens is 307 g/mol. The molecule has 0 aliphatic heterocycles. The van der Waals surface area contributed by atoms with Gasteiger partial charge < -0.3 is 9.30 Å². The summed E-state index contributed by atoms with van der Waals surface area (Å²) in [6.45, 7) is 3.76. The molecule has 0 atom stereocenters. The van der Waals surface area contributed by atoms with E-state index in [1.165, 1.54) is 24.3 Å². The average Bonchev–Trinajstić information content (AvgIpc) is 2.76. The smallest absolute Gasteiger partial charge is 0.350 e. The molecule has 0 spiro atoms. The van der Waals surface area contributed by atoms with Crippen LogP contribution in [-0.2, 0) is 11.8 Å². The third-order valence-electron chi connectivity index (χ3n) is 3.06. The van der Waals surface area contributed by atoms with Gasteiger partial charge in [0.15, 0.2) is 4.80 Å². The highest BCUT2D eigenvalue weighted by Crippen LogP contribution is 2.13. The number of benzene rings is 1. The van der Waals surface area contributed by atoms with Crippen molar-refractivity contribution in [2.24, 2.45) is 12.0 Å². The lowest BCUT2D eigenvalue weighted by Gasteiger charge is -2.00. The number of halogens is 1. The lowest BCUT2D eigenvalue weighted by atomic mass is 10.2. The number of rotatable bonds is 3. The number of ether oxygens (including phenoxy) is 1. The Morgan fingerprint density at radius 3 is 2.55 bits per heavy atom. The van der Waals surface area contributed by atoms with Gasteiger partial charge in [-0.05, 0) is 38.1 Å². The van der Waals surface area contributed by atoms with Crippen molar-refractivity contribution in [3.8, 4) is 0 Å². The number of carbonyl (C=O) groups is 2. The van der Waals surface area contributed by atoms with Gasteiger partial charge in [-0.1, -0.05) is 11.3 Å². The minimum absolute atomic E-state index is 0.279. The first kappa shape index (κ1) is 16.1. The Hall–Kier alpha value is -2.28. The maximum atomic E-state index is 12.9. The van der Waals surface area contributed by atoms with Crippen molar-refractivity contribution in [2.75, 3.05) is 6.61 Å². The zero-order chi connectivity index (χ0) is 16.3. The van der Waals surface area contributed by atoms with Crippen LogP contribution in [0, 0.1) is 12.7 Å². The zero-order valence-corrected chi connectivity index (χ0v) is 13.2. The van der Waals surface area contributed by atoms with Crippen molar-refractivity contribution in [3.63, 3.8) is 0 Å². The second-order valence-electron chi connectivity index (χ2n) is 4.50. The van der Waals surface area contributed by atoms with Crippen LogP contribution < -0.4 is 4.80 Å². The molecule has 0 saturated carbocycles. The molecule has 0 aliphatic carbocycles. The maximum Gasteiger partial charge on any atom is 0.350 e. The number of amides is 1. The highest BCUT2D eigenvalue weighted by atomic mass is 32.1. The van der Waals surface area contributed by atoms with E-state index in [1.807, 2.05) is 0 Å². The lowest BCUT2D eigenvalue weighted by Crippen LogP contribution is -2.14. The van der Waals surface area contributed by atoms with Gasteiger partial charge in [-0.3, -0.25) is 4.79 Å². The van der Waals surface area contributed by atoms with Crippen LogP contribution in [-0.4, -0.2) is 23.1 Å². The molecule has 1 aromatic carbocycles. The van der Waals surface area contributed by atoms with Crippen LogP contribution in [0.4, 0.5) is 4.39 Å². The van der Waals surface area contributed by atoms with Crippen LogP contribution >= 0.6 is 11.3 Å². The van der Waals surface area contributed by atoms with Crippen LogP contribution in [0.3, 0.4) is 0 Å². The van der Waals surface area contributed by atoms with Crippen LogP contribution in [0.15, 0.2) is 29.3 Å². The highest BCUT2D eigenvalue weighted by molar-refractivity contribution is 7.11. The molecule has 1 amide bonds. The molecule has 1 aromatic heterocycles. The molecule has 0 bridgehead atoms. The number of aromatic nitrogens is 1. The highest BCUT2D eigenvalue weighted by Gasteiger charge is 2.16. The molecule has 116 valence electrons. The van der Waals surface area contributed by atoms with E-state index in [-0.39, 0.29) is 12.2 Å². The number of nitrogens with zero attached hydrogens (tertiary/aromatic N) is 2. The van der Waals surface area contributed by atoms with Crippen molar-refractivity contribution >= 4 is 23.2 Å². The van der Waals surface area contributed by atoms with E-state index in [1.54, 1.807) is 25.5 Å². The normalized spacial score (nSPS) is 11.5. The van der Waals surface area contributed by atoms with E-state index in [4.69, 9.17) is 4.74 Å². The molecule has 0 saturated heterocycles. The minimum Gasteiger partial charge on any atom is -0.462 e. The van der Waals surface area contributed by atoms with Crippen LogP contribution in [0.1, 0.15) is 32.6 Å². The second-order valence-corrected chi connectivity index (χ2v) is 5.48. The molecular formula is C15H15FN2O3S. The molecule has 0 N–H and O–H groups in total. The molecule has 0 fully saturated rings. The van der Waals surface area contributed by atoms with Crippen molar-refractivity contribution in [3.05, 3.63) is 51.0 Å². The van der Waals surface area contributed by atoms with Crippen molar-refractivity contribution < 1.29 is 18.7 Å². The Labute approximate surface area is 130 Å². The number of carbonyl (C=O) groups excluding carboxylic acids is 2. The number of hydrogen-bond donors (Lipinski definition) is 0. The Balaban J connectivity index is 2.40. The summed E-state index contributed by atoms with van der Waals surface area (Å²) < 4.78 is 19.5. The van der Waals surface area contributed by atoms with Gasteiger partial charge in [0.2, 0.25) is 0 Å². The third kappa shape index (κ3) is 3.30. The molecule has 0 unspecified atom stereocenters. The summed E-state index contributed by atoms with van der Waals surface area (Å²) in [4.78, 5) is 28.7. The zero-order valence-electron chi connectivity index (χ0n) is 12.4. The summed E-state index contributed by atoms with van der Waals surface area (Å²) in [6.07, 6.45) is 0. The third-order valence-corrected chi connectivity index (χ3v) is 4.28. The number of esters is 1. The van der Waals surface area contributed by atoms with Crippen LogP contribution in [0.25, 0.3) is 0 Å². The van der Waals surface area contributed by atoms with Gasteiger partial charge in [-0.15, -0.1) is 0 Å². The quantitative estimate of drug-likeness (QED) is 0.816. The maximum absolute atomic E-state index is 12.9. The fourth-order valence-corrected chi connectivity index (χ4v) is 2.77. The largest absolute Gasteiger partial charge is 0.462 e. The van der Waals surface area contributed by atoms with Gasteiger partial charge in [0.1, 0.15) is 10.7 Å². The van der Waals surface area contributed by atoms with E-state index < -0.39 is 17.7 Å². The van der Waals surface area contributed by atoms with Gasteiger partial charge in [0.05, 0.1) is 6.61 Å². The second kappa shape index (κ2) is 6.65. The Bertz CT molecular complexity index is 775. The first-order valence-electron chi connectivity index (χ1n) is 6.62. The Morgan fingerprint density at radius 1 is 1.32 bits per heavy atom. The van der Waals surface area contributed by atoms with Gasteiger partial charge in [0.25, 0.3) is 5.91 Å². The first-order chi connectivity index (χ1) is 10.4. The van der Waals surface area contributed by atoms with E-state index in [0.29, 0.717) is 15.4 Å². The van der Waals surface area contributed by atoms with Crippen molar-refractivity contribution in [2.45, 2.75) is 13.8 Å². The molecule has 1 heterocycles. The standard InChI is InChI=1S/C15H15FN2O3S/c1-4-21-14(20)12-9(2)18(3)15(22-12)17-13(19)10-5-7-11(16)8-6-10/h5-8H,4H2,1-3H3. The summed E-state index contributed by atoms with van der Waals surface area (Å²) >= 11 is 1.09. The fraction of sp³-hybridized carbons (Fsp3) is 0.267. The average molecular weight is 322 g/mol. The van der Waals surface area contributed by atoms with E-state index in [9.17, 15) is 14.0 Å². The van der Waals surface area contributed by atoms with E-state index in [2.05, 4.69) is 4.99 Å². The van der Waals surface area contributed by atoms with Gasteiger partial charge in [-0.2, -0.15) is 4.99 Å². The van der Waals surface area contributed by atoms with Gasteiger partial charge >= 0.3 is 5.97 Å². The van der Waals surface area contributed by atoms with E-state index >= 15 is 0 Å². The van der Waals surface area contributed by atoms with Crippen molar-refractivity contribution in [1.29, 1.82) is 0 Å². The number of hydrogen-bond acceptors (Lipinski definition) is 4. The predicted molar refractivity (Wildman–Crippen MR) is 80.3 cm³/mol. The summed E-state index contributed by atoms with van der Waals surface area (Å²) in [7, 11) is 1.71. The molecule has 5 nitrogen and oxygen atoms in total. The monoisotopic (exact) mass is 322 g/mol. The molecule has 22 heavy (non-hydrogen) atoms. The Morgan fingerprint density at radius 2 is 1.95 bits per heavy atom. The predicted octanol–water partition coefficient (Wildman–Crippen LogP) is 2.45. The van der Waals surface area contributed by atoms with Gasteiger partial charge in [-0.25, -0.2) is 9.18 Å². The SMILES string of the molecule is CCOC(=O)c1sc(=NC(=O)c2ccc(F)cc2)n(C)c1C. The molecule has 7 heteroatoms. The summed E-state index contributed by atoms with van der Waals surface area (Å²) in [5, 5.41) is 0. The topological polar surface area (TPSA) is 60.7 Å². The summed E-state index contributed by atoms with van der Waals surface area (Å²) in [5.74, 6) is -1.35. The molecule has 2 aromatic rings. The summed E-state index contributed by atoms with van der Waals surface area (Å²) in [6, 6.07) is 5.14. The Kier molecular flexibility index (Phi) is 4.87. The molecule has 2 rings (SSSR count). The molecule has 0 aliphatic rings. The van der Waals surface area contributed by atoms with Crippen LogP contribution in [0.2, 0.25) is 0 Å². The van der Waals surface area contributed by atoms with Crippen LogP contribution in [0.5, 0.6) is 0 Å². The number of thiazole rings is 1. The fourth-order valence-electron chi connectivity index (χ4n) is 1.76. The first-order valence-corrected chi connectivity index (χ1v) is 7.43. The lowest BCUT2D eigenvalue weighted by molar-refractivity contribution is 0.0530. The summed E-state index contributed by atoms with van der Waals surface area (Å²) in [5.41, 5.74) is 0.958. The van der Waals surface area contributed by atoms with Gasteiger partial charge in [0, 0.05) is 18.3 Å². The van der Waals surface area contributed by atoms with E-state index in [0.717, 1.165) is 11.3 Å².